The van der Waals surface area contributed by atoms with Crippen molar-refractivity contribution in [2.45, 2.75) is 13.3 Å². The Kier molecular flexibility index (Phi) is 4.50. The molecule has 0 unspecified atom stereocenters. The summed E-state index contributed by atoms with van der Waals surface area (Å²) in [7, 11) is -1.73. The predicted molar refractivity (Wildman–Crippen MR) is 48.6 cm³/mol. The fourth-order valence-electron chi connectivity index (χ4n) is 0.596. The molecule has 4 nitrogen and oxygen atoms in total. The monoisotopic (exact) mass is 234 g/mol. The summed E-state index contributed by atoms with van der Waals surface area (Å²) < 4.78 is 42.4. The van der Waals surface area contributed by atoms with Crippen LogP contribution in [0.4, 0.5) is 0 Å². The van der Waals surface area contributed by atoms with E-state index in [0.29, 0.717) is 0 Å². The van der Waals surface area contributed by atoms with Gasteiger partial charge in [0.2, 0.25) is 9.05 Å². The summed E-state index contributed by atoms with van der Waals surface area (Å²) >= 11 is 0. The van der Waals surface area contributed by atoms with Crippen LogP contribution in [0.15, 0.2) is 0 Å². The first-order valence-corrected chi connectivity index (χ1v) is 7.69. The molecule has 0 aromatic heterocycles. The Labute approximate surface area is 77.3 Å². The van der Waals surface area contributed by atoms with Gasteiger partial charge in [0.1, 0.15) is 9.84 Å². The molecule has 0 aromatic rings. The number of hydrogen-bond acceptors (Lipinski definition) is 4. The highest BCUT2D eigenvalue weighted by atomic mass is 35.7. The lowest BCUT2D eigenvalue weighted by Crippen LogP contribution is -2.11. The van der Waals surface area contributed by atoms with Gasteiger partial charge >= 0.3 is 0 Å². The molecule has 0 rings (SSSR count). The number of hydrogen-bond donors (Lipinski definition) is 0. The molecular weight excluding hydrogens is 224 g/mol. The van der Waals surface area contributed by atoms with Crippen molar-refractivity contribution < 1.29 is 16.8 Å². The third-order valence-corrected chi connectivity index (χ3v) is 4.31. The third-order valence-electron chi connectivity index (χ3n) is 1.28. The van der Waals surface area contributed by atoms with E-state index in [1.54, 1.807) is 0 Å². The molecule has 0 radical (unpaired) electrons. The van der Waals surface area contributed by atoms with Crippen molar-refractivity contribution in [3.05, 3.63) is 0 Å². The zero-order valence-electron chi connectivity index (χ0n) is 6.66. The van der Waals surface area contributed by atoms with Gasteiger partial charge in [-0.25, -0.2) is 16.8 Å². The molecule has 0 amide bonds. The lowest BCUT2D eigenvalue weighted by atomic mass is 10.6. The molecule has 0 bridgehead atoms. The molecule has 74 valence electrons. The SMILES string of the molecule is CCS(=O)(=O)CCCS(=O)(=O)Cl. The van der Waals surface area contributed by atoms with Gasteiger partial charge in [-0.15, -0.1) is 0 Å². The standard InChI is InChI=1S/C5H11ClO4S2/c1-2-11(7,8)4-3-5-12(6,9)10/h2-5H2,1H3. The minimum Gasteiger partial charge on any atom is -0.229 e. The molecule has 0 aromatic carbocycles. The third kappa shape index (κ3) is 6.87. The quantitative estimate of drug-likeness (QED) is 0.645. The van der Waals surface area contributed by atoms with Crippen LogP contribution in [0.25, 0.3) is 0 Å². The largest absolute Gasteiger partial charge is 0.232 e. The molecule has 0 aliphatic heterocycles. The molecule has 0 aliphatic carbocycles. The lowest BCUT2D eigenvalue weighted by molar-refractivity contribution is 0.594. The molecule has 0 heterocycles. The minimum absolute atomic E-state index is 0.0370. The highest BCUT2D eigenvalue weighted by Crippen LogP contribution is 2.01. The zero-order valence-corrected chi connectivity index (χ0v) is 9.04. The Bertz CT molecular complexity index is 315. The topological polar surface area (TPSA) is 68.3 Å². The molecule has 0 saturated heterocycles. The second-order valence-corrected chi connectivity index (χ2v) is 7.70. The summed E-state index contributed by atoms with van der Waals surface area (Å²) in [4.78, 5) is 0. The van der Waals surface area contributed by atoms with Gasteiger partial charge < -0.3 is 0 Å². The Morgan fingerprint density at radius 2 is 1.58 bits per heavy atom. The maximum Gasteiger partial charge on any atom is 0.232 e. The van der Waals surface area contributed by atoms with E-state index in [1.165, 1.54) is 6.92 Å². The van der Waals surface area contributed by atoms with Crippen LogP contribution in [0.1, 0.15) is 13.3 Å². The van der Waals surface area contributed by atoms with Crippen LogP contribution in [0, 0.1) is 0 Å². The Hall–Kier alpha value is 0.190. The molecule has 12 heavy (non-hydrogen) atoms. The van der Waals surface area contributed by atoms with E-state index >= 15 is 0 Å². The Morgan fingerprint density at radius 1 is 1.08 bits per heavy atom. The van der Waals surface area contributed by atoms with Gasteiger partial charge in [0.05, 0.1) is 11.5 Å². The van der Waals surface area contributed by atoms with Gasteiger partial charge in [-0.2, -0.15) is 0 Å². The molecule has 7 heteroatoms. The van der Waals surface area contributed by atoms with Crippen molar-refractivity contribution in [2.24, 2.45) is 0 Å². The summed E-state index contributed by atoms with van der Waals surface area (Å²) in [6, 6.07) is 0. The molecule has 0 spiro atoms. The van der Waals surface area contributed by atoms with E-state index in [0.717, 1.165) is 0 Å². The van der Waals surface area contributed by atoms with Crippen LogP contribution in [-0.4, -0.2) is 34.1 Å². The molecule has 0 atom stereocenters. The van der Waals surface area contributed by atoms with Crippen LogP contribution in [0.2, 0.25) is 0 Å². The summed E-state index contributed by atoms with van der Waals surface area (Å²) in [5, 5.41) is 0. The van der Waals surface area contributed by atoms with E-state index in [2.05, 4.69) is 0 Å². The van der Waals surface area contributed by atoms with Crippen LogP contribution >= 0.6 is 10.7 Å². The van der Waals surface area contributed by atoms with Crippen molar-refractivity contribution in [2.75, 3.05) is 17.3 Å². The average molecular weight is 235 g/mol. The zero-order chi connectivity index (χ0) is 9.83. The van der Waals surface area contributed by atoms with Crippen molar-refractivity contribution >= 4 is 29.6 Å². The Balaban J connectivity index is 3.89. The van der Waals surface area contributed by atoms with Gasteiger partial charge in [-0.05, 0) is 6.42 Å². The van der Waals surface area contributed by atoms with Gasteiger partial charge in [-0.1, -0.05) is 6.92 Å². The maximum absolute atomic E-state index is 10.8. The summed E-state index contributed by atoms with van der Waals surface area (Å²) in [5.41, 5.74) is 0. The molecule has 0 aliphatic rings. The van der Waals surface area contributed by atoms with Gasteiger partial charge in [0.15, 0.2) is 0 Å². The molecule has 0 saturated carbocycles. The second-order valence-electron chi connectivity index (χ2n) is 2.33. The van der Waals surface area contributed by atoms with Gasteiger partial charge in [-0.3, -0.25) is 0 Å². The normalized spacial score (nSPS) is 13.2. The second kappa shape index (κ2) is 4.43. The molecular formula is C5H11ClO4S2. The van der Waals surface area contributed by atoms with Crippen molar-refractivity contribution in [3.8, 4) is 0 Å². The highest BCUT2D eigenvalue weighted by Gasteiger charge is 2.10. The fraction of sp³-hybridized carbons (Fsp3) is 1.00. The maximum atomic E-state index is 10.8. The first-order valence-electron chi connectivity index (χ1n) is 3.39. The van der Waals surface area contributed by atoms with Crippen molar-refractivity contribution in [1.82, 2.24) is 0 Å². The number of rotatable bonds is 5. The van der Waals surface area contributed by atoms with E-state index < -0.39 is 18.9 Å². The van der Waals surface area contributed by atoms with Crippen LogP contribution in [0.5, 0.6) is 0 Å². The van der Waals surface area contributed by atoms with Crippen LogP contribution < -0.4 is 0 Å². The fourth-order valence-corrected chi connectivity index (χ4v) is 2.47. The van der Waals surface area contributed by atoms with E-state index in [4.69, 9.17) is 10.7 Å². The average Bonchev–Trinajstić information content (AvgIpc) is 1.84. The Morgan fingerprint density at radius 3 is 1.92 bits per heavy atom. The predicted octanol–water partition coefficient (Wildman–Crippen LogP) is 0.380. The highest BCUT2D eigenvalue weighted by molar-refractivity contribution is 8.13. The summed E-state index contributed by atoms with van der Waals surface area (Å²) in [6.45, 7) is 1.52. The van der Waals surface area contributed by atoms with Gasteiger partial charge in [0, 0.05) is 16.4 Å². The molecule has 0 N–H and O–H groups in total. The lowest BCUT2D eigenvalue weighted by Gasteiger charge is -1.98. The number of halogens is 1. The summed E-state index contributed by atoms with van der Waals surface area (Å²) in [6.07, 6.45) is 0.0714. The molecule has 0 fully saturated rings. The number of sulfone groups is 1. The van der Waals surface area contributed by atoms with Crippen molar-refractivity contribution in [1.29, 1.82) is 0 Å². The van der Waals surface area contributed by atoms with Crippen LogP contribution in [0.3, 0.4) is 0 Å². The van der Waals surface area contributed by atoms with Crippen LogP contribution in [-0.2, 0) is 18.9 Å². The minimum atomic E-state index is -3.55. The van der Waals surface area contributed by atoms with E-state index in [-0.39, 0.29) is 23.7 Å². The smallest absolute Gasteiger partial charge is 0.229 e. The first-order chi connectivity index (χ1) is 5.27. The van der Waals surface area contributed by atoms with Crippen molar-refractivity contribution in [3.63, 3.8) is 0 Å². The summed E-state index contributed by atoms with van der Waals surface area (Å²) in [5.74, 6) is -0.363. The van der Waals surface area contributed by atoms with Gasteiger partial charge in [0.25, 0.3) is 0 Å². The van der Waals surface area contributed by atoms with E-state index in [1.807, 2.05) is 0 Å². The van der Waals surface area contributed by atoms with E-state index in [9.17, 15) is 16.8 Å². The first kappa shape index (κ1) is 12.2.